The number of rotatable bonds is 7. The molecular formula is C17H25F2N3O2. The summed E-state index contributed by atoms with van der Waals surface area (Å²) in [6.45, 7) is 5.91. The lowest BCUT2D eigenvalue weighted by molar-refractivity contribution is 0.159. The van der Waals surface area contributed by atoms with Gasteiger partial charge in [-0.25, -0.2) is 13.6 Å². The van der Waals surface area contributed by atoms with E-state index in [-0.39, 0.29) is 6.03 Å². The highest BCUT2D eigenvalue weighted by Gasteiger charge is 2.22. The molecule has 1 saturated heterocycles. The van der Waals surface area contributed by atoms with Crippen molar-refractivity contribution in [3.05, 3.63) is 35.4 Å². The van der Waals surface area contributed by atoms with Crippen molar-refractivity contribution >= 4 is 6.03 Å². The zero-order valence-corrected chi connectivity index (χ0v) is 14.1. The number of carbonyl (C=O) groups is 1. The molecule has 2 unspecified atom stereocenters. The third-order valence-corrected chi connectivity index (χ3v) is 4.32. The number of methoxy groups -OCH3 is 1. The Morgan fingerprint density at radius 2 is 2.21 bits per heavy atom. The first-order valence-corrected chi connectivity index (χ1v) is 8.20. The number of amides is 2. The Labute approximate surface area is 141 Å². The summed E-state index contributed by atoms with van der Waals surface area (Å²) in [6, 6.07) is 2.93. The van der Waals surface area contributed by atoms with Gasteiger partial charge >= 0.3 is 6.03 Å². The zero-order chi connectivity index (χ0) is 17.5. The molecule has 1 aromatic rings. The summed E-state index contributed by atoms with van der Waals surface area (Å²) < 4.78 is 31.2. The molecule has 1 aromatic carbocycles. The summed E-state index contributed by atoms with van der Waals surface area (Å²) in [5.74, 6) is -1.38. The summed E-state index contributed by atoms with van der Waals surface area (Å²) in [5, 5.41) is 5.59. The van der Waals surface area contributed by atoms with Crippen molar-refractivity contribution in [2.75, 3.05) is 39.9 Å². The number of nitrogens with one attached hydrogen (secondary N) is 2. The minimum atomic E-state index is -0.913. The maximum Gasteiger partial charge on any atom is 0.315 e. The predicted octanol–water partition coefficient (Wildman–Crippen LogP) is 2.29. The number of halogens is 2. The van der Waals surface area contributed by atoms with Crippen LogP contribution in [0.15, 0.2) is 18.2 Å². The summed E-state index contributed by atoms with van der Waals surface area (Å²) in [6.07, 6.45) is 1.04. The molecule has 134 valence electrons. The van der Waals surface area contributed by atoms with E-state index in [2.05, 4.69) is 15.5 Å². The molecule has 2 atom stereocenters. The van der Waals surface area contributed by atoms with E-state index in [1.807, 2.05) is 0 Å². The van der Waals surface area contributed by atoms with Gasteiger partial charge in [-0.2, -0.15) is 0 Å². The lowest BCUT2D eigenvalue weighted by Gasteiger charge is -2.18. The lowest BCUT2D eigenvalue weighted by Crippen LogP contribution is -2.40. The third kappa shape index (κ3) is 5.42. The molecule has 2 amide bonds. The van der Waals surface area contributed by atoms with Gasteiger partial charge in [-0.3, -0.25) is 0 Å². The minimum absolute atomic E-state index is 0.303. The Morgan fingerprint density at radius 3 is 2.92 bits per heavy atom. The largest absolute Gasteiger partial charge is 0.383 e. The van der Waals surface area contributed by atoms with Gasteiger partial charge in [0.2, 0.25) is 0 Å². The Bertz CT molecular complexity index is 557. The van der Waals surface area contributed by atoms with Crippen LogP contribution in [0.4, 0.5) is 13.6 Å². The molecule has 0 aromatic heterocycles. The Kier molecular flexibility index (Phi) is 6.93. The van der Waals surface area contributed by atoms with Crippen molar-refractivity contribution < 1.29 is 18.3 Å². The number of likely N-dealkylation sites (tertiary alicyclic amines) is 1. The maximum atomic E-state index is 13.2. The van der Waals surface area contributed by atoms with E-state index in [0.29, 0.717) is 24.6 Å². The van der Waals surface area contributed by atoms with Gasteiger partial charge in [0.1, 0.15) is 0 Å². The maximum absolute atomic E-state index is 13.2. The van der Waals surface area contributed by atoms with Gasteiger partial charge in [-0.1, -0.05) is 6.07 Å². The molecule has 0 saturated carbocycles. The standard InChI is InChI=1S/C17H25F2N3O2/c1-12(14-3-4-15(18)16(19)9-14)21-17(23)20-10-13-5-6-22(11-13)7-8-24-2/h3-4,9,12-13H,5-8,10-11H2,1-2H3,(H2,20,21,23). The van der Waals surface area contributed by atoms with Crippen LogP contribution in [-0.4, -0.2) is 50.8 Å². The molecule has 5 nitrogen and oxygen atoms in total. The van der Waals surface area contributed by atoms with Crippen LogP contribution in [0.1, 0.15) is 24.9 Å². The van der Waals surface area contributed by atoms with Crippen molar-refractivity contribution in [3.63, 3.8) is 0 Å². The number of hydrogen-bond acceptors (Lipinski definition) is 3. The monoisotopic (exact) mass is 341 g/mol. The smallest absolute Gasteiger partial charge is 0.315 e. The Hall–Kier alpha value is -1.73. The number of benzene rings is 1. The van der Waals surface area contributed by atoms with E-state index in [0.717, 1.165) is 38.2 Å². The van der Waals surface area contributed by atoms with E-state index in [1.165, 1.54) is 6.07 Å². The fourth-order valence-electron chi connectivity index (χ4n) is 2.85. The van der Waals surface area contributed by atoms with Crippen LogP contribution in [0.25, 0.3) is 0 Å². The summed E-state index contributed by atoms with van der Waals surface area (Å²) in [4.78, 5) is 14.3. The van der Waals surface area contributed by atoms with Gasteiger partial charge in [0.25, 0.3) is 0 Å². The van der Waals surface area contributed by atoms with Gasteiger partial charge in [-0.05, 0) is 43.5 Å². The molecule has 0 radical (unpaired) electrons. The van der Waals surface area contributed by atoms with Crippen LogP contribution in [0.3, 0.4) is 0 Å². The van der Waals surface area contributed by atoms with E-state index in [1.54, 1.807) is 14.0 Å². The fraction of sp³-hybridized carbons (Fsp3) is 0.588. The van der Waals surface area contributed by atoms with E-state index >= 15 is 0 Å². The topological polar surface area (TPSA) is 53.6 Å². The molecular weight excluding hydrogens is 316 g/mol. The highest BCUT2D eigenvalue weighted by Crippen LogP contribution is 2.16. The second-order valence-electron chi connectivity index (χ2n) is 6.20. The quantitative estimate of drug-likeness (QED) is 0.800. The highest BCUT2D eigenvalue weighted by molar-refractivity contribution is 5.74. The molecule has 0 bridgehead atoms. The van der Waals surface area contributed by atoms with Gasteiger partial charge in [0, 0.05) is 26.7 Å². The van der Waals surface area contributed by atoms with Crippen molar-refractivity contribution in [3.8, 4) is 0 Å². The van der Waals surface area contributed by atoms with Gasteiger partial charge in [0.05, 0.1) is 12.6 Å². The molecule has 2 N–H and O–H groups in total. The number of carbonyl (C=O) groups excluding carboxylic acids is 1. The average Bonchev–Trinajstić information content (AvgIpc) is 3.01. The first kappa shape index (κ1) is 18.6. The van der Waals surface area contributed by atoms with Crippen LogP contribution in [-0.2, 0) is 4.74 Å². The first-order chi connectivity index (χ1) is 11.5. The fourth-order valence-corrected chi connectivity index (χ4v) is 2.85. The molecule has 1 heterocycles. The van der Waals surface area contributed by atoms with E-state index in [9.17, 15) is 13.6 Å². The normalized spacial score (nSPS) is 19.2. The van der Waals surface area contributed by atoms with E-state index in [4.69, 9.17) is 4.74 Å². The molecule has 7 heteroatoms. The average molecular weight is 341 g/mol. The van der Waals surface area contributed by atoms with Gasteiger partial charge in [0.15, 0.2) is 11.6 Å². The van der Waals surface area contributed by atoms with Crippen molar-refractivity contribution in [1.82, 2.24) is 15.5 Å². The molecule has 1 aliphatic heterocycles. The molecule has 2 rings (SSSR count). The molecule has 0 aliphatic carbocycles. The van der Waals surface area contributed by atoms with Crippen LogP contribution < -0.4 is 10.6 Å². The minimum Gasteiger partial charge on any atom is -0.383 e. The predicted molar refractivity (Wildman–Crippen MR) is 87.7 cm³/mol. The molecule has 24 heavy (non-hydrogen) atoms. The van der Waals surface area contributed by atoms with Crippen LogP contribution >= 0.6 is 0 Å². The van der Waals surface area contributed by atoms with Gasteiger partial charge < -0.3 is 20.3 Å². The summed E-state index contributed by atoms with van der Waals surface area (Å²) in [7, 11) is 1.69. The lowest BCUT2D eigenvalue weighted by atomic mass is 10.1. The summed E-state index contributed by atoms with van der Waals surface area (Å²) >= 11 is 0. The molecule has 1 fully saturated rings. The molecule has 1 aliphatic rings. The highest BCUT2D eigenvalue weighted by atomic mass is 19.2. The number of hydrogen-bond donors (Lipinski definition) is 2. The zero-order valence-electron chi connectivity index (χ0n) is 14.1. The SMILES string of the molecule is COCCN1CCC(CNC(=O)NC(C)c2ccc(F)c(F)c2)C1. The van der Waals surface area contributed by atoms with Crippen LogP contribution in [0, 0.1) is 17.6 Å². The second kappa shape index (κ2) is 8.94. The van der Waals surface area contributed by atoms with Crippen molar-refractivity contribution in [2.45, 2.75) is 19.4 Å². The van der Waals surface area contributed by atoms with Gasteiger partial charge in [-0.15, -0.1) is 0 Å². The number of urea groups is 1. The number of nitrogens with zero attached hydrogens (tertiary/aromatic N) is 1. The Morgan fingerprint density at radius 1 is 1.42 bits per heavy atom. The van der Waals surface area contributed by atoms with Crippen LogP contribution in [0.2, 0.25) is 0 Å². The Balaban J connectivity index is 1.72. The van der Waals surface area contributed by atoms with E-state index < -0.39 is 17.7 Å². The second-order valence-corrected chi connectivity index (χ2v) is 6.20. The first-order valence-electron chi connectivity index (χ1n) is 8.20. The summed E-state index contributed by atoms with van der Waals surface area (Å²) in [5.41, 5.74) is 0.524. The van der Waals surface area contributed by atoms with Crippen molar-refractivity contribution in [2.24, 2.45) is 5.92 Å². The van der Waals surface area contributed by atoms with Crippen LogP contribution in [0.5, 0.6) is 0 Å². The number of ether oxygens (including phenoxy) is 1. The van der Waals surface area contributed by atoms with Crippen molar-refractivity contribution in [1.29, 1.82) is 0 Å². The third-order valence-electron chi connectivity index (χ3n) is 4.32. The molecule has 0 spiro atoms.